The Morgan fingerprint density at radius 3 is 2.62 bits per heavy atom. The first kappa shape index (κ1) is 15.5. The van der Waals surface area contributed by atoms with E-state index in [1.807, 2.05) is 13.8 Å². The lowest BCUT2D eigenvalue weighted by Gasteiger charge is -2.12. The maximum absolute atomic E-state index is 13.4. The number of halogens is 2. The number of carbonyl (C=O) groups is 1. The molecule has 0 bridgehead atoms. The topological polar surface area (TPSA) is 54.0 Å². The summed E-state index contributed by atoms with van der Waals surface area (Å²) in [5.74, 6) is -2.11. The smallest absolute Gasteiger partial charge is 0.238 e. The Morgan fingerprint density at radius 2 is 2.05 bits per heavy atom. The van der Waals surface area contributed by atoms with Gasteiger partial charge in [-0.25, -0.2) is 13.8 Å². The van der Waals surface area contributed by atoms with Crippen molar-refractivity contribution < 1.29 is 13.6 Å². The number of nitrogens with zero attached hydrogens (tertiary/aromatic N) is 1. The molecule has 0 fully saturated rings. The van der Waals surface area contributed by atoms with E-state index in [0.717, 1.165) is 22.0 Å². The number of thiazole rings is 1. The second-order valence-corrected chi connectivity index (χ2v) is 5.82. The summed E-state index contributed by atoms with van der Waals surface area (Å²) in [6.45, 7) is 3.75. The van der Waals surface area contributed by atoms with Crippen LogP contribution in [0.25, 0.3) is 0 Å². The Hall–Kier alpha value is -1.86. The Labute approximate surface area is 125 Å². The molecule has 0 aliphatic carbocycles. The molecular weight excluding hydrogens is 296 g/mol. The summed E-state index contributed by atoms with van der Waals surface area (Å²) in [6, 6.07) is 3.31. The molecule has 0 saturated carbocycles. The van der Waals surface area contributed by atoms with Crippen molar-refractivity contribution in [1.82, 2.24) is 10.3 Å². The van der Waals surface area contributed by atoms with E-state index >= 15 is 0 Å². The highest BCUT2D eigenvalue weighted by Crippen LogP contribution is 2.19. The van der Waals surface area contributed by atoms with E-state index in [1.54, 1.807) is 6.20 Å². The number of hydrogen-bond acceptors (Lipinski definition) is 4. The van der Waals surface area contributed by atoms with Gasteiger partial charge in [0.1, 0.15) is 22.3 Å². The molecule has 1 atom stereocenters. The van der Waals surface area contributed by atoms with Crippen molar-refractivity contribution in [3.63, 3.8) is 0 Å². The molecule has 7 heteroatoms. The van der Waals surface area contributed by atoms with Gasteiger partial charge in [-0.3, -0.25) is 10.1 Å². The average molecular weight is 311 g/mol. The fourth-order valence-electron chi connectivity index (χ4n) is 1.71. The van der Waals surface area contributed by atoms with Gasteiger partial charge in [-0.05, 0) is 26.0 Å². The zero-order chi connectivity index (χ0) is 15.4. The molecule has 1 heterocycles. The third-order valence-corrected chi connectivity index (χ3v) is 3.90. The highest BCUT2D eigenvalue weighted by atomic mass is 32.1. The summed E-state index contributed by atoms with van der Waals surface area (Å²) in [5, 5.41) is 6.04. The van der Waals surface area contributed by atoms with Crippen molar-refractivity contribution in [2.24, 2.45) is 0 Å². The number of para-hydroxylation sites is 1. The van der Waals surface area contributed by atoms with Crippen LogP contribution in [0.3, 0.4) is 0 Å². The molecule has 2 aromatic rings. The van der Waals surface area contributed by atoms with Crippen molar-refractivity contribution in [2.75, 3.05) is 11.9 Å². The second kappa shape index (κ2) is 6.73. The maximum Gasteiger partial charge on any atom is 0.238 e. The number of benzene rings is 1. The monoisotopic (exact) mass is 311 g/mol. The van der Waals surface area contributed by atoms with Crippen molar-refractivity contribution in [1.29, 1.82) is 0 Å². The second-order valence-electron chi connectivity index (χ2n) is 4.56. The van der Waals surface area contributed by atoms with Crippen molar-refractivity contribution in [3.8, 4) is 0 Å². The summed E-state index contributed by atoms with van der Waals surface area (Å²) < 4.78 is 26.8. The van der Waals surface area contributed by atoms with E-state index in [-0.39, 0.29) is 12.6 Å². The van der Waals surface area contributed by atoms with Crippen LogP contribution in [0, 0.1) is 18.6 Å². The van der Waals surface area contributed by atoms with E-state index in [4.69, 9.17) is 0 Å². The van der Waals surface area contributed by atoms with Crippen molar-refractivity contribution in [2.45, 2.75) is 19.9 Å². The van der Waals surface area contributed by atoms with E-state index in [1.165, 1.54) is 17.4 Å². The molecule has 2 N–H and O–H groups in total. The van der Waals surface area contributed by atoms with Gasteiger partial charge < -0.3 is 5.32 Å². The number of aryl methyl sites for hydroxylation is 1. The molecule has 112 valence electrons. The third-order valence-electron chi connectivity index (χ3n) is 2.81. The number of hydrogen-bond donors (Lipinski definition) is 2. The fraction of sp³-hybridized carbons (Fsp3) is 0.286. The summed E-state index contributed by atoms with van der Waals surface area (Å²) >= 11 is 1.53. The van der Waals surface area contributed by atoms with Crippen LogP contribution in [0.4, 0.5) is 14.5 Å². The number of nitrogens with one attached hydrogen (secondary N) is 2. The maximum atomic E-state index is 13.4. The van der Waals surface area contributed by atoms with Gasteiger partial charge in [0.2, 0.25) is 5.91 Å². The van der Waals surface area contributed by atoms with E-state index in [9.17, 15) is 13.6 Å². The lowest BCUT2D eigenvalue weighted by molar-refractivity contribution is -0.115. The largest absolute Gasteiger partial charge is 0.320 e. The van der Waals surface area contributed by atoms with Gasteiger partial charge in [0, 0.05) is 11.1 Å². The first-order chi connectivity index (χ1) is 9.97. The van der Waals surface area contributed by atoms with Crippen LogP contribution >= 0.6 is 11.3 Å². The van der Waals surface area contributed by atoms with Gasteiger partial charge in [0.15, 0.2) is 0 Å². The molecular formula is C14H15F2N3OS. The van der Waals surface area contributed by atoms with Crippen molar-refractivity contribution in [3.05, 3.63) is 45.9 Å². The summed E-state index contributed by atoms with van der Waals surface area (Å²) in [5.41, 5.74) is -0.429. The highest BCUT2D eigenvalue weighted by Gasteiger charge is 2.14. The highest BCUT2D eigenvalue weighted by molar-refractivity contribution is 7.11. The summed E-state index contributed by atoms with van der Waals surface area (Å²) in [4.78, 5) is 17.0. The molecule has 1 unspecified atom stereocenters. The predicted octanol–water partition coefficient (Wildman–Crippen LogP) is 3.02. The van der Waals surface area contributed by atoms with Gasteiger partial charge >= 0.3 is 0 Å². The Bertz CT molecular complexity index is 625. The average Bonchev–Trinajstić information content (AvgIpc) is 2.87. The first-order valence-electron chi connectivity index (χ1n) is 6.37. The zero-order valence-corrected chi connectivity index (χ0v) is 12.4. The lowest BCUT2D eigenvalue weighted by Crippen LogP contribution is -2.30. The fourth-order valence-corrected chi connectivity index (χ4v) is 2.51. The number of aromatic nitrogens is 1. The molecule has 1 amide bonds. The number of carbonyl (C=O) groups excluding carboxylic acids is 1. The molecule has 0 saturated heterocycles. The van der Waals surface area contributed by atoms with E-state index < -0.39 is 23.2 Å². The van der Waals surface area contributed by atoms with E-state index in [0.29, 0.717) is 0 Å². The van der Waals surface area contributed by atoms with Crippen LogP contribution in [0.15, 0.2) is 24.4 Å². The quantitative estimate of drug-likeness (QED) is 0.892. The van der Waals surface area contributed by atoms with Gasteiger partial charge in [0.05, 0.1) is 12.6 Å². The first-order valence-corrected chi connectivity index (χ1v) is 7.18. The lowest BCUT2D eigenvalue weighted by atomic mass is 10.3. The number of rotatable bonds is 5. The van der Waals surface area contributed by atoms with E-state index in [2.05, 4.69) is 15.6 Å². The third kappa shape index (κ3) is 4.05. The van der Waals surface area contributed by atoms with Crippen molar-refractivity contribution >= 4 is 22.9 Å². The SMILES string of the molecule is Cc1cnc(C(C)NCC(=O)Nc2c(F)cccc2F)s1. The van der Waals surface area contributed by atoms with Gasteiger partial charge in [-0.1, -0.05) is 6.07 Å². The number of anilines is 1. The van der Waals surface area contributed by atoms with Crippen LogP contribution in [0.2, 0.25) is 0 Å². The molecule has 1 aromatic heterocycles. The van der Waals surface area contributed by atoms with Crippen LogP contribution in [-0.4, -0.2) is 17.4 Å². The molecule has 21 heavy (non-hydrogen) atoms. The minimum absolute atomic E-state index is 0.0619. The molecule has 0 spiro atoms. The van der Waals surface area contributed by atoms with Crippen LogP contribution in [0.5, 0.6) is 0 Å². The summed E-state index contributed by atoms with van der Waals surface area (Å²) in [7, 11) is 0. The molecule has 0 aliphatic heterocycles. The van der Waals surface area contributed by atoms with Gasteiger partial charge in [-0.15, -0.1) is 11.3 Å². The minimum atomic E-state index is -0.799. The normalized spacial score (nSPS) is 12.2. The Kier molecular flexibility index (Phi) is 4.98. The molecule has 0 radical (unpaired) electrons. The predicted molar refractivity (Wildman–Crippen MR) is 78.3 cm³/mol. The Balaban J connectivity index is 1.90. The Morgan fingerprint density at radius 1 is 1.38 bits per heavy atom. The molecule has 4 nitrogen and oxygen atoms in total. The van der Waals surface area contributed by atoms with Crippen LogP contribution in [0.1, 0.15) is 22.9 Å². The van der Waals surface area contributed by atoms with Crippen LogP contribution < -0.4 is 10.6 Å². The molecule has 1 aromatic carbocycles. The van der Waals surface area contributed by atoms with Gasteiger partial charge in [-0.2, -0.15) is 0 Å². The molecule has 2 rings (SSSR count). The summed E-state index contributed by atoms with van der Waals surface area (Å²) in [6.07, 6.45) is 1.76. The van der Waals surface area contributed by atoms with Crippen LogP contribution in [-0.2, 0) is 4.79 Å². The number of amides is 1. The minimum Gasteiger partial charge on any atom is -0.320 e. The zero-order valence-electron chi connectivity index (χ0n) is 11.6. The van der Waals surface area contributed by atoms with Gasteiger partial charge in [0.25, 0.3) is 0 Å². The standard InChI is InChI=1S/C14H15F2N3OS/c1-8-6-18-14(21-8)9(2)17-7-12(20)19-13-10(15)4-3-5-11(13)16/h3-6,9,17H,7H2,1-2H3,(H,19,20). The molecule has 0 aliphatic rings.